The van der Waals surface area contributed by atoms with Gasteiger partial charge in [0.2, 0.25) is 5.91 Å². The van der Waals surface area contributed by atoms with Crippen molar-refractivity contribution in [2.75, 3.05) is 0 Å². The zero-order valence-electron chi connectivity index (χ0n) is 10.9. The van der Waals surface area contributed by atoms with Crippen LogP contribution < -0.4 is 5.32 Å². The number of nitrogens with one attached hydrogen (secondary N) is 1. The molecule has 7 heteroatoms. The third-order valence-corrected chi connectivity index (χ3v) is 5.01. The summed E-state index contributed by atoms with van der Waals surface area (Å²) in [6.45, 7) is 1.80. The van der Waals surface area contributed by atoms with Crippen molar-refractivity contribution in [3.05, 3.63) is 22.4 Å². The van der Waals surface area contributed by atoms with Gasteiger partial charge in [-0.3, -0.25) is 10.1 Å². The molecule has 2 atom stereocenters. The molecule has 1 N–H and O–H groups in total. The first-order valence-electron chi connectivity index (χ1n) is 6.60. The van der Waals surface area contributed by atoms with Gasteiger partial charge in [0.05, 0.1) is 6.04 Å². The van der Waals surface area contributed by atoms with E-state index in [1.54, 1.807) is 19.1 Å². The molecule has 2 unspecified atom stereocenters. The van der Waals surface area contributed by atoms with Crippen LogP contribution in [0.2, 0.25) is 0 Å². The number of rotatable bonds is 3. The fraction of sp³-hybridized carbons (Fsp3) is 0.615. The lowest BCUT2D eigenvalue weighted by Gasteiger charge is -2.34. The van der Waals surface area contributed by atoms with Gasteiger partial charge in [0.25, 0.3) is 0 Å². The number of amides is 1. The summed E-state index contributed by atoms with van der Waals surface area (Å²) in [4.78, 5) is 14.1. The second kappa shape index (κ2) is 4.46. The van der Waals surface area contributed by atoms with Crippen molar-refractivity contribution in [1.29, 1.82) is 0 Å². The lowest BCUT2D eigenvalue weighted by Crippen LogP contribution is -2.50. The molecule has 1 saturated carbocycles. The summed E-state index contributed by atoms with van der Waals surface area (Å²) in [6.07, 6.45) is -4.53. The molecule has 2 heterocycles. The number of nitrogens with zero attached hydrogens (tertiary/aromatic N) is 1. The standard InChI is InChI=1S/C13H15F3N2OS/c1-2-8-11(19)18(12(5-6-12)13(14,15)16)10(17-8)9-4-3-7-20-9/h3-4,7-8,10,17H,2,5-6H2,1H3. The SMILES string of the molecule is CCC1NC(c2cccs2)N(C2(C(F)(F)F)CC2)C1=O. The Kier molecular flexibility index (Phi) is 3.10. The fourth-order valence-corrected chi connectivity index (χ4v) is 3.59. The maximum atomic E-state index is 13.3. The Morgan fingerprint density at radius 1 is 1.50 bits per heavy atom. The molecule has 0 radical (unpaired) electrons. The Hall–Kier alpha value is -1.08. The first-order chi connectivity index (χ1) is 9.40. The van der Waals surface area contributed by atoms with Crippen LogP contribution in [0.15, 0.2) is 17.5 Å². The van der Waals surface area contributed by atoms with Gasteiger partial charge in [-0.25, -0.2) is 0 Å². The Balaban J connectivity index is 1.99. The van der Waals surface area contributed by atoms with Gasteiger partial charge in [0.1, 0.15) is 11.7 Å². The molecule has 1 amide bonds. The van der Waals surface area contributed by atoms with Gasteiger partial charge in [0.15, 0.2) is 0 Å². The van der Waals surface area contributed by atoms with Gasteiger partial charge in [-0.2, -0.15) is 13.2 Å². The molecule has 110 valence electrons. The van der Waals surface area contributed by atoms with E-state index in [0.29, 0.717) is 6.42 Å². The van der Waals surface area contributed by atoms with Crippen molar-refractivity contribution < 1.29 is 18.0 Å². The van der Waals surface area contributed by atoms with Gasteiger partial charge < -0.3 is 4.90 Å². The normalized spacial score (nSPS) is 29.0. The quantitative estimate of drug-likeness (QED) is 0.931. The molecule has 0 spiro atoms. The van der Waals surface area contributed by atoms with Crippen LogP contribution in [-0.2, 0) is 4.79 Å². The number of halogens is 3. The van der Waals surface area contributed by atoms with Gasteiger partial charge in [-0.15, -0.1) is 11.3 Å². The molecule has 0 aromatic carbocycles. The summed E-state index contributed by atoms with van der Waals surface area (Å²) < 4.78 is 40.0. The Labute approximate surface area is 118 Å². The van der Waals surface area contributed by atoms with Crippen LogP contribution in [0.3, 0.4) is 0 Å². The van der Waals surface area contributed by atoms with Crippen molar-refractivity contribution in [1.82, 2.24) is 10.2 Å². The van der Waals surface area contributed by atoms with Crippen molar-refractivity contribution >= 4 is 17.2 Å². The number of alkyl halides is 3. The number of carbonyl (C=O) groups is 1. The summed E-state index contributed by atoms with van der Waals surface area (Å²) in [5.74, 6) is -0.430. The van der Waals surface area contributed by atoms with Crippen molar-refractivity contribution in [3.8, 4) is 0 Å². The molecule has 2 aliphatic rings. The molecular weight excluding hydrogens is 289 g/mol. The molecule has 1 aliphatic carbocycles. The van der Waals surface area contributed by atoms with Crippen LogP contribution in [0.25, 0.3) is 0 Å². The average molecular weight is 304 g/mol. The summed E-state index contributed by atoms with van der Waals surface area (Å²) in [7, 11) is 0. The van der Waals surface area contributed by atoms with Gasteiger partial charge in [0, 0.05) is 4.88 Å². The monoisotopic (exact) mass is 304 g/mol. The largest absolute Gasteiger partial charge is 0.411 e. The molecule has 3 nitrogen and oxygen atoms in total. The third kappa shape index (κ3) is 1.87. The van der Waals surface area contributed by atoms with Crippen LogP contribution >= 0.6 is 11.3 Å². The highest BCUT2D eigenvalue weighted by atomic mass is 32.1. The fourth-order valence-electron chi connectivity index (χ4n) is 2.82. The van der Waals surface area contributed by atoms with Crippen molar-refractivity contribution in [2.45, 2.75) is 50.1 Å². The van der Waals surface area contributed by atoms with E-state index >= 15 is 0 Å². The summed E-state index contributed by atoms with van der Waals surface area (Å²) >= 11 is 1.37. The van der Waals surface area contributed by atoms with Crippen LogP contribution in [0, 0.1) is 0 Å². The van der Waals surface area contributed by atoms with Crippen LogP contribution in [0.5, 0.6) is 0 Å². The van der Waals surface area contributed by atoms with Crippen molar-refractivity contribution in [2.24, 2.45) is 0 Å². The molecule has 1 aliphatic heterocycles. The van der Waals surface area contributed by atoms with E-state index < -0.39 is 29.8 Å². The average Bonchev–Trinajstić information content (AvgIpc) is 2.88. The van der Waals surface area contributed by atoms with Crippen LogP contribution in [0.4, 0.5) is 13.2 Å². The Morgan fingerprint density at radius 3 is 2.65 bits per heavy atom. The van der Waals surface area contributed by atoms with E-state index in [1.807, 2.05) is 5.38 Å². The van der Waals surface area contributed by atoms with Crippen LogP contribution in [-0.4, -0.2) is 28.6 Å². The van der Waals surface area contributed by atoms with E-state index in [-0.39, 0.29) is 12.8 Å². The van der Waals surface area contributed by atoms with E-state index in [0.717, 1.165) is 9.78 Å². The number of carbonyl (C=O) groups excluding carboxylic acids is 1. The molecule has 1 saturated heterocycles. The third-order valence-electron chi connectivity index (χ3n) is 4.09. The lowest BCUT2D eigenvalue weighted by atomic mass is 10.1. The van der Waals surface area contributed by atoms with Gasteiger partial charge in [-0.1, -0.05) is 13.0 Å². The smallest absolute Gasteiger partial charge is 0.306 e. The highest BCUT2D eigenvalue weighted by molar-refractivity contribution is 7.10. The first kappa shape index (κ1) is 13.9. The zero-order chi connectivity index (χ0) is 14.5. The summed E-state index contributed by atoms with van der Waals surface area (Å²) in [5.41, 5.74) is -1.96. The van der Waals surface area contributed by atoms with E-state index in [4.69, 9.17) is 0 Å². The van der Waals surface area contributed by atoms with E-state index in [2.05, 4.69) is 5.32 Å². The maximum absolute atomic E-state index is 13.3. The second-order valence-corrected chi connectivity index (χ2v) is 6.26. The summed E-state index contributed by atoms with van der Waals surface area (Å²) in [5, 5.41) is 4.86. The molecule has 0 bridgehead atoms. The van der Waals surface area contributed by atoms with Gasteiger partial charge >= 0.3 is 6.18 Å². The van der Waals surface area contributed by atoms with Crippen molar-refractivity contribution in [3.63, 3.8) is 0 Å². The molecule has 3 rings (SSSR count). The molecule has 1 aromatic heterocycles. The minimum absolute atomic E-state index is 0.00221. The molecule has 2 fully saturated rings. The molecular formula is C13H15F3N2OS. The maximum Gasteiger partial charge on any atom is 0.411 e. The van der Waals surface area contributed by atoms with E-state index in [9.17, 15) is 18.0 Å². The Bertz CT molecular complexity index is 510. The predicted molar refractivity (Wildman–Crippen MR) is 69.1 cm³/mol. The summed E-state index contributed by atoms with van der Waals surface area (Å²) in [6, 6.07) is 3.03. The number of thiophene rings is 1. The Morgan fingerprint density at radius 2 is 2.20 bits per heavy atom. The first-order valence-corrected chi connectivity index (χ1v) is 7.48. The molecule has 20 heavy (non-hydrogen) atoms. The van der Waals surface area contributed by atoms with Gasteiger partial charge in [-0.05, 0) is 30.7 Å². The highest BCUT2D eigenvalue weighted by Crippen LogP contribution is 2.57. The topological polar surface area (TPSA) is 32.3 Å². The molecule has 1 aromatic rings. The number of hydrogen-bond donors (Lipinski definition) is 1. The zero-order valence-corrected chi connectivity index (χ0v) is 11.7. The lowest BCUT2D eigenvalue weighted by molar-refractivity contribution is -0.202. The minimum atomic E-state index is -4.37. The predicted octanol–water partition coefficient (Wildman–Crippen LogP) is 3.05. The van der Waals surface area contributed by atoms with E-state index in [1.165, 1.54) is 11.3 Å². The number of hydrogen-bond acceptors (Lipinski definition) is 3. The highest BCUT2D eigenvalue weighted by Gasteiger charge is 2.71. The second-order valence-electron chi connectivity index (χ2n) is 5.28. The van der Waals surface area contributed by atoms with Crippen LogP contribution in [0.1, 0.15) is 37.2 Å². The minimum Gasteiger partial charge on any atom is -0.306 e.